The zero-order valence-electron chi connectivity index (χ0n) is 29.0. The van der Waals surface area contributed by atoms with Crippen molar-refractivity contribution in [2.24, 2.45) is 0 Å². The Morgan fingerprint density at radius 2 is 0.977 bits per heavy atom. The van der Waals surface area contributed by atoms with Crippen LogP contribution in [-0.2, 0) is 0 Å². The first kappa shape index (κ1) is 41.3. The van der Waals surface area contributed by atoms with E-state index in [1.54, 1.807) is 0 Å². The van der Waals surface area contributed by atoms with Crippen LogP contribution in [0, 0.1) is 27.8 Å². The van der Waals surface area contributed by atoms with Crippen LogP contribution in [0.5, 0.6) is 0 Å². The Morgan fingerprint density at radius 1 is 0.605 bits per heavy atom. The fraction of sp³-hybridized carbons (Fsp3) is 0.579. The van der Waals surface area contributed by atoms with Crippen LogP contribution < -0.4 is 9.80 Å². The molecule has 0 saturated heterocycles. The van der Waals surface area contributed by atoms with Gasteiger partial charge in [-0.1, -0.05) is 85.5 Å². The van der Waals surface area contributed by atoms with Crippen molar-refractivity contribution < 1.29 is 0 Å². The van der Waals surface area contributed by atoms with Crippen molar-refractivity contribution in [3.8, 4) is 24.2 Å². The lowest BCUT2D eigenvalue weighted by Crippen LogP contribution is -2.25. The molecule has 0 spiro atoms. The van der Waals surface area contributed by atoms with E-state index in [1.807, 2.05) is 0 Å². The quantitative estimate of drug-likeness (QED) is 0.0964. The molecule has 2 aromatic rings. The van der Waals surface area contributed by atoms with Gasteiger partial charge in [-0.25, -0.2) is 0 Å². The topological polar surface area (TPSA) is 6.48 Å². The summed E-state index contributed by atoms with van der Waals surface area (Å²) in [6.45, 7) is 22.9. The summed E-state index contributed by atoms with van der Waals surface area (Å²) < 4.78 is 1.31. The van der Waals surface area contributed by atoms with E-state index in [-0.39, 0.29) is 0 Å². The second-order valence-corrected chi connectivity index (χ2v) is 19.8. The third-order valence-corrected chi connectivity index (χ3v) is 9.61. The first-order chi connectivity index (χ1) is 20.7. The smallest absolute Gasteiger partial charge is 0.0443 e. The fourth-order valence-corrected chi connectivity index (χ4v) is 5.48. The number of nitrogens with zero attached hydrogens (tertiary/aromatic N) is 2. The number of halogens is 1. The molecule has 0 N–H and O–H groups in total. The van der Waals surface area contributed by atoms with Crippen molar-refractivity contribution >= 4 is 51.6 Å². The summed E-state index contributed by atoms with van der Waals surface area (Å²) in [4.78, 5) is 5.04. The number of benzene rings is 2. The van der Waals surface area contributed by atoms with Gasteiger partial charge in [0.05, 0.1) is 0 Å². The molecule has 0 aliphatic carbocycles. The molecule has 0 aliphatic heterocycles. The lowest BCUT2D eigenvalue weighted by atomic mass is 10.1. The van der Waals surface area contributed by atoms with Gasteiger partial charge in [0.1, 0.15) is 0 Å². The lowest BCUT2D eigenvalue weighted by molar-refractivity contribution is 0.678. The van der Waals surface area contributed by atoms with Crippen molar-refractivity contribution in [3.63, 3.8) is 0 Å². The minimum absolute atomic E-state index is 0.407. The van der Waals surface area contributed by atoms with E-state index in [0.29, 0.717) is 0 Å². The molecule has 0 heterocycles. The SMILES string of the molecule is C#CC[SiH](C)C.CCCCN(CCCC)c1ccc(C#CC[SiH](C)C)cc1.CCCCN(CCCC)c1ccc(I)cc1. The van der Waals surface area contributed by atoms with Crippen molar-refractivity contribution in [1.29, 1.82) is 0 Å². The van der Waals surface area contributed by atoms with Gasteiger partial charge in [-0.3, -0.25) is 0 Å². The molecule has 0 aliphatic rings. The summed E-state index contributed by atoms with van der Waals surface area (Å²) in [6, 6.07) is 19.9. The van der Waals surface area contributed by atoms with Crippen molar-refractivity contribution in [2.45, 2.75) is 117 Å². The lowest BCUT2D eigenvalue weighted by Gasteiger charge is -2.24. The average Bonchev–Trinajstić information content (AvgIpc) is 2.99. The number of unbranched alkanes of at least 4 members (excludes halogenated alkanes) is 4. The minimum Gasteiger partial charge on any atom is -0.372 e. The third kappa shape index (κ3) is 22.5. The summed E-state index contributed by atoms with van der Waals surface area (Å²) >= 11 is 2.36. The molecular formula is C38H63IN2Si2. The van der Waals surface area contributed by atoms with Gasteiger partial charge in [0.25, 0.3) is 0 Å². The molecular weight excluding hydrogens is 668 g/mol. The Kier molecular flexibility index (Phi) is 26.8. The maximum atomic E-state index is 5.01. The molecule has 240 valence electrons. The molecule has 0 radical (unpaired) electrons. The van der Waals surface area contributed by atoms with E-state index in [1.165, 1.54) is 92.5 Å². The highest BCUT2D eigenvalue weighted by molar-refractivity contribution is 14.1. The number of hydrogen-bond acceptors (Lipinski definition) is 2. The normalized spacial score (nSPS) is 10.1. The van der Waals surface area contributed by atoms with Crippen LogP contribution in [0.25, 0.3) is 0 Å². The van der Waals surface area contributed by atoms with E-state index in [0.717, 1.165) is 17.7 Å². The van der Waals surface area contributed by atoms with E-state index in [9.17, 15) is 0 Å². The molecule has 0 fully saturated rings. The highest BCUT2D eigenvalue weighted by Crippen LogP contribution is 2.18. The molecule has 0 saturated carbocycles. The maximum absolute atomic E-state index is 5.01. The molecule has 0 bridgehead atoms. The molecule has 0 atom stereocenters. The van der Waals surface area contributed by atoms with Crippen molar-refractivity contribution in [1.82, 2.24) is 0 Å². The summed E-state index contributed by atoms with van der Waals surface area (Å²) in [5.74, 6) is 9.24. The number of anilines is 2. The zero-order chi connectivity index (χ0) is 32.3. The first-order valence-electron chi connectivity index (χ1n) is 17.0. The number of hydrogen-bond donors (Lipinski definition) is 0. The minimum atomic E-state index is -0.546. The Labute approximate surface area is 285 Å². The number of rotatable bonds is 16. The van der Waals surface area contributed by atoms with Gasteiger partial charge >= 0.3 is 0 Å². The molecule has 0 aromatic heterocycles. The second kappa shape index (κ2) is 27.8. The Balaban J connectivity index is 0.000000707. The Hall–Kier alpha value is -1.68. The van der Waals surface area contributed by atoms with Crippen LogP contribution >= 0.6 is 22.6 Å². The van der Waals surface area contributed by atoms with E-state index in [4.69, 9.17) is 6.42 Å². The van der Waals surface area contributed by atoms with Gasteiger partial charge in [-0.2, -0.15) is 0 Å². The van der Waals surface area contributed by atoms with Crippen LogP contribution in [0.15, 0.2) is 48.5 Å². The molecule has 2 nitrogen and oxygen atoms in total. The molecule has 2 rings (SSSR count). The van der Waals surface area contributed by atoms with Crippen LogP contribution in [0.4, 0.5) is 11.4 Å². The summed E-state index contributed by atoms with van der Waals surface area (Å²) in [5.41, 5.74) is 3.88. The summed E-state index contributed by atoms with van der Waals surface area (Å²) in [7, 11) is -0.953. The standard InChI is InChI=1S/C19H31NSi.C14H22IN.C5H10Si/c1-5-7-15-20(16-8-6-2)19-13-11-18(12-14-19)10-9-17-21(3)4;1-3-5-11-16(12-6-4-2)14-9-7-13(15)8-10-14;1-4-5-6(2)3/h11-14,21H,5-8,15-17H2,1-4H3;7-10H,3-6,11-12H2,1-2H3;1,6H,5H2,2-3H3. The van der Waals surface area contributed by atoms with Gasteiger partial charge in [-0.05, 0) is 103 Å². The van der Waals surface area contributed by atoms with Gasteiger partial charge < -0.3 is 9.80 Å². The molecule has 43 heavy (non-hydrogen) atoms. The van der Waals surface area contributed by atoms with E-state index >= 15 is 0 Å². The van der Waals surface area contributed by atoms with Crippen LogP contribution in [0.3, 0.4) is 0 Å². The molecule has 0 unspecified atom stereocenters. The zero-order valence-corrected chi connectivity index (χ0v) is 33.5. The second-order valence-electron chi connectivity index (χ2n) is 12.1. The fourth-order valence-electron chi connectivity index (χ4n) is 4.14. The highest BCUT2D eigenvalue weighted by Gasteiger charge is 2.06. The van der Waals surface area contributed by atoms with Crippen LogP contribution in [0.1, 0.15) is 84.6 Å². The molecule has 2 aromatic carbocycles. The maximum Gasteiger partial charge on any atom is 0.0443 e. The van der Waals surface area contributed by atoms with Gasteiger partial charge in [0.2, 0.25) is 0 Å². The van der Waals surface area contributed by atoms with Crippen molar-refractivity contribution in [2.75, 3.05) is 36.0 Å². The van der Waals surface area contributed by atoms with E-state index < -0.39 is 17.6 Å². The molecule has 5 heteroatoms. The van der Waals surface area contributed by atoms with Gasteiger partial charge in [-0.15, -0.1) is 18.3 Å². The predicted octanol–water partition coefficient (Wildman–Crippen LogP) is 10.7. The third-order valence-electron chi connectivity index (χ3n) is 6.82. The highest BCUT2D eigenvalue weighted by atomic mass is 127. The average molecular weight is 731 g/mol. The Morgan fingerprint density at radius 3 is 1.28 bits per heavy atom. The first-order valence-corrected chi connectivity index (χ1v) is 24.3. The van der Waals surface area contributed by atoms with E-state index in [2.05, 4.69) is 153 Å². The predicted molar refractivity (Wildman–Crippen MR) is 213 cm³/mol. The monoisotopic (exact) mass is 730 g/mol. The van der Waals surface area contributed by atoms with Crippen LogP contribution in [-0.4, -0.2) is 43.8 Å². The Bertz CT molecular complexity index is 1000. The van der Waals surface area contributed by atoms with Gasteiger partial charge in [0.15, 0.2) is 0 Å². The summed E-state index contributed by atoms with van der Waals surface area (Å²) in [6.07, 6.45) is 15.2. The van der Waals surface area contributed by atoms with Crippen LogP contribution in [0.2, 0.25) is 38.3 Å². The van der Waals surface area contributed by atoms with Crippen molar-refractivity contribution in [3.05, 3.63) is 57.7 Å². The molecule has 0 amide bonds. The largest absolute Gasteiger partial charge is 0.372 e. The number of terminal acetylenes is 1. The van der Waals surface area contributed by atoms with Gasteiger partial charge in [0, 0.05) is 70.3 Å². The summed E-state index contributed by atoms with van der Waals surface area (Å²) in [5, 5.41) is 0.